The van der Waals surface area contributed by atoms with E-state index in [2.05, 4.69) is 35.3 Å². The highest BCUT2D eigenvalue weighted by atomic mass is 16.5. The van der Waals surface area contributed by atoms with E-state index in [9.17, 15) is 0 Å². The normalized spacial score (nSPS) is 10.5. The highest BCUT2D eigenvalue weighted by Gasteiger charge is 2.02. The Morgan fingerprint density at radius 1 is 1.15 bits per heavy atom. The van der Waals surface area contributed by atoms with Crippen LogP contribution < -0.4 is 14.8 Å². The molecule has 1 aromatic heterocycles. The molecule has 1 heterocycles. The number of nitrogens with one attached hydrogen (secondary N) is 1. The van der Waals surface area contributed by atoms with Crippen molar-refractivity contribution in [1.29, 1.82) is 0 Å². The number of para-hydroxylation sites is 2. The number of nitrogens with zero attached hydrogens (tertiary/aromatic N) is 1. The van der Waals surface area contributed by atoms with E-state index in [4.69, 9.17) is 9.47 Å². The molecule has 2 rings (SSSR count). The largest absolute Gasteiger partial charge is 0.493 e. The smallest absolute Gasteiger partial charge is 0.161 e. The summed E-state index contributed by atoms with van der Waals surface area (Å²) in [5.74, 6) is 1.56. The van der Waals surface area contributed by atoms with E-state index in [1.807, 2.05) is 24.3 Å². The first kappa shape index (κ1) is 14.5. The van der Waals surface area contributed by atoms with Crippen LogP contribution >= 0.6 is 0 Å². The maximum absolute atomic E-state index is 5.76. The minimum atomic E-state index is 0.621. The van der Waals surface area contributed by atoms with Crippen molar-refractivity contribution in [3.05, 3.63) is 48.3 Å². The van der Waals surface area contributed by atoms with Gasteiger partial charge in [0.05, 0.1) is 13.7 Å². The molecule has 0 bridgehead atoms. The standard InChI is InChI=1S/C16H22N2O2/c1-3-17-12-14-8-9-18(13-14)10-11-20-16-7-5-4-6-15(16)19-2/h4-9,13,17H,3,10-12H2,1-2H3. The molecule has 0 spiro atoms. The molecular formula is C16H22N2O2. The van der Waals surface area contributed by atoms with E-state index in [0.717, 1.165) is 31.1 Å². The predicted molar refractivity (Wildman–Crippen MR) is 80.3 cm³/mol. The Labute approximate surface area is 120 Å². The molecule has 2 aromatic rings. The maximum Gasteiger partial charge on any atom is 0.161 e. The number of aromatic nitrogens is 1. The second-order valence-electron chi connectivity index (χ2n) is 4.54. The minimum Gasteiger partial charge on any atom is -0.493 e. The minimum absolute atomic E-state index is 0.621. The summed E-state index contributed by atoms with van der Waals surface area (Å²) in [7, 11) is 1.65. The highest BCUT2D eigenvalue weighted by molar-refractivity contribution is 5.39. The Balaban J connectivity index is 1.82. The molecule has 0 aliphatic rings. The Hall–Kier alpha value is -1.94. The lowest BCUT2D eigenvalue weighted by Crippen LogP contribution is -2.11. The van der Waals surface area contributed by atoms with Crippen molar-refractivity contribution in [3.63, 3.8) is 0 Å². The SMILES string of the molecule is CCNCc1ccn(CCOc2ccccc2OC)c1. The van der Waals surface area contributed by atoms with E-state index < -0.39 is 0 Å². The molecule has 108 valence electrons. The van der Waals surface area contributed by atoms with Crippen molar-refractivity contribution in [2.75, 3.05) is 20.3 Å². The van der Waals surface area contributed by atoms with Gasteiger partial charge in [0, 0.05) is 18.9 Å². The third-order valence-electron chi connectivity index (χ3n) is 3.07. The van der Waals surface area contributed by atoms with Crippen LogP contribution in [0.3, 0.4) is 0 Å². The summed E-state index contributed by atoms with van der Waals surface area (Å²) in [6.07, 6.45) is 4.23. The Kier molecular flexibility index (Phi) is 5.50. The van der Waals surface area contributed by atoms with Crippen molar-refractivity contribution in [3.8, 4) is 11.5 Å². The zero-order valence-electron chi connectivity index (χ0n) is 12.1. The summed E-state index contributed by atoms with van der Waals surface area (Å²) < 4.78 is 13.2. The number of ether oxygens (including phenoxy) is 2. The average Bonchev–Trinajstić information content (AvgIpc) is 2.93. The number of hydrogen-bond donors (Lipinski definition) is 1. The average molecular weight is 274 g/mol. The third kappa shape index (κ3) is 4.03. The highest BCUT2D eigenvalue weighted by Crippen LogP contribution is 2.25. The molecule has 0 saturated carbocycles. The fourth-order valence-corrected chi connectivity index (χ4v) is 2.00. The summed E-state index contributed by atoms with van der Waals surface area (Å²) in [4.78, 5) is 0. The molecule has 0 aliphatic carbocycles. The van der Waals surface area contributed by atoms with Crippen LogP contribution in [-0.2, 0) is 13.1 Å². The fourth-order valence-electron chi connectivity index (χ4n) is 2.00. The Morgan fingerprint density at radius 2 is 1.95 bits per heavy atom. The van der Waals surface area contributed by atoms with Crippen molar-refractivity contribution >= 4 is 0 Å². The first-order valence-electron chi connectivity index (χ1n) is 6.94. The quantitative estimate of drug-likeness (QED) is 0.804. The first-order chi connectivity index (χ1) is 9.83. The second-order valence-corrected chi connectivity index (χ2v) is 4.54. The molecule has 1 N–H and O–H groups in total. The van der Waals surface area contributed by atoms with Crippen LogP contribution in [0.4, 0.5) is 0 Å². The summed E-state index contributed by atoms with van der Waals surface area (Å²) in [6.45, 7) is 5.46. The zero-order valence-corrected chi connectivity index (χ0v) is 12.1. The fraction of sp³-hybridized carbons (Fsp3) is 0.375. The van der Waals surface area contributed by atoms with E-state index in [-0.39, 0.29) is 0 Å². The van der Waals surface area contributed by atoms with E-state index in [0.29, 0.717) is 6.61 Å². The summed E-state index contributed by atoms with van der Waals surface area (Å²) in [5, 5.41) is 3.31. The predicted octanol–water partition coefficient (Wildman–Crippen LogP) is 2.69. The molecule has 0 aliphatic heterocycles. The number of methoxy groups -OCH3 is 1. The van der Waals surface area contributed by atoms with Crippen molar-refractivity contribution in [1.82, 2.24) is 9.88 Å². The van der Waals surface area contributed by atoms with Gasteiger partial charge in [-0.05, 0) is 30.3 Å². The molecule has 4 heteroatoms. The van der Waals surface area contributed by atoms with Crippen LogP contribution in [0.5, 0.6) is 11.5 Å². The van der Waals surface area contributed by atoms with Gasteiger partial charge in [0.25, 0.3) is 0 Å². The molecule has 0 unspecified atom stereocenters. The molecular weight excluding hydrogens is 252 g/mol. The molecule has 0 radical (unpaired) electrons. The molecule has 0 amide bonds. The molecule has 0 atom stereocenters. The first-order valence-corrected chi connectivity index (χ1v) is 6.94. The van der Waals surface area contributed by atoms with Crippen molar-refractivity contribution < 1.29 is 9.47 Å². The van der Waals surface area contributed by atoms with E-state index in [1.165, 1.54) is 5.56 Å². The summed E-state index contributed by atoms with van der Waals surface area (Å²) >= 11 is 0. The monoisotopic (exact) mass is 274 g/mol. The van der Waals surface area contributed by atoms with Crippen LogP contribution in [0.2, 0.25) is 0 Å². The van der Waals surface area contributed by atoms with Gasteiger partial charge in [-0.1, -0.05) is 19.1 Å². The van der Waals surface area contributed by atoms with Gasteiger partial charge in [0.1, 0.15) is 6.61 Å². The molecule has 0 saturated heterocycles. The molecule has 0 fully saturated rings. The lowest BCUT2D eigenvalue weighted by Gasteiger charge is -2.10. The molecule has 4 nitrogen and oxygen atoms in total. The van der Waals surface area contributed by atoms with Gasteiger partial charge in [0.2, 0.25) is 0 Å². The van der Waals surface area contributed by atoms with Gasteiger partial charge in [-0.2, -0.15) is 0 Å². The molecule has 20 heavy (non-hydrogen) atoms. The number of benzene rings is 1. The second kappa shape index (κ2) is 7.60. The zero-order chi connectivity index (χ0) is 14.2. The number of hydrogen-bond acceptors (Lipinski definition) is 3. The van der Waals surface area contributed by atoms with Gasteiger partial charge in [-0.25, -0.2) is 0 Å². The van der Waals surface area contributed by atoms with Crippen LogP contribution in [-0.4, -0.2) is 24.8 Å². The van der Waals surface area contributed by atoms with Gasteiger partial charge in [0.15, 0.2) is 11.5 Å². The lowest BCUT2D eigenvalue weighted by molar-refractivity contribution is 0.280. The molecule has 1 aromatic carbocycles. The number of rotatable bonds is 8. The van der Waals surface area contributed by atoms with Gasteiger partial charge < -0.3 is 19.4 Å². The summed E-state index contributed by atoms with van der Waals surface area (Å²) in [6, 6.07) is 9.84. The van der Waals surface area contributed by atoms with Gasteiger partial charge in [-0.15, -0.1) is 0 Å². The maximum atomic E-state index is 5.76. The van der Waals surface area contributed by atoms with Crippen LogP contribution in [0.1, 0.15) is 12.5 Å². The van der Waals surface area contributed by atoms with Gasteiger partial charge in [-0.3, -0.25) is 0 Å². The van der Waals surface area contributed by atoms with Crippen LogP contribution in [0.15, 0.2) is 42.7 Å². The van der Waals surface area contributed by atoms with Crippen molar-refractivity contribution in [2.45, 2.75) is 20.0 Å². The third-order valence-corrected chi connectivity index (χ3v) is 3.07. The van der Waals surface area contributed by atoms with Crippen LogP contribution in [0, 0.1) is 0 Å². The van der Waals surface area contributed by atoms with E-state index >= 15 is 0 Å². The van der Waals surface area contributed by atoms with Gasteiger partial charge >= 0.3 is 0 Å². The Bertz CT molecular complexity index is 523. The van der Waals surface area contributed by atoms with Crippen LogP contribution in [0.25, 0.3) is 0 Å². The van der Waals surface area contributed by atoms with Crippen molar-refractivity contribution in [2.24, 2.45) is 0 Å². The lowest BCUT2D eigenvalue weighted by atomic mass is 10.3. The topological polar surface area (TPSA) is 35.4 Å². The Morgan fingerprint density at radius 3 is 2.70 bits per heavy atom. The van der Waals surface area contributed by atoms with E-state index in [1.54, 1.807) is 7.11 Å². The summed E-state index contributed by atoms with van der Waals surface area (Å²) in [5.41, 5.74) is 1.30.